The van der Waals surface area contributed by atoms with Crippen molar-refractivity contribution in [2.75, 3.05) is 28.2 Å². The van der Waals surface area contributed by atoms with Crippen LogP contribution < -0.4 is 15.1 Å². The van der Waals surface area contributed by atoms with E-state index >= 15 is 0 Å². The molecule has 7 heteroatoms. The van der Waals surface area contributed by atoms with E-state index in [9.17, 15) is 9.59 Å². The molecule has 2 amide bonds. The number of pyridine rings is 1. The lowest BCUT2D eigenvalue weighted by atomic mass is 10.1. The Hall–Kier alpha value is -2.60. The van der Waals surface area contributed by atoms with Crippen LogP contribution in [-0.4, -0.2) is 35.9 Å². The van der Waals surface area contributed by atoms with Crippen LogP contribution >= 0.6 is 11.6 Å². The minimum absolute atomic E-state index is 0.0643. The fraction of sp³-hybridized carbons (Fsp3) is 0.350. The highest BCUT2D eigenvalue weighted by Gasteiger charge is 2.42. The largest absolute Gasteiger partial charge is 0.343 e. The molecule has 4 rings (SSSR count). The van der Waals surface area contributed by atoms with E-state index in [1.165, 1.54) is 4.90 Å². The Balaban J connectivity index is 1.61. The molecule has 1 N–H and O–H groups in total. The van der Waals surface area contributed by atoms with Gasteiger partial charge in [-0.3, -0.25) is 14.5 Å². The van der Waals surface area contributed by atoms with Crippen LogP contribution in [0.25, 0.3) is 0 Å². The number of hydrogen-bond acceptors (Lipinski definition) is 4. The van der Waals surface area contributed by atoms with Crippen LogP contribution in [0.4, 0.5) is 17.2 Å². The van der Waals surface area contributed by atoms with Gasteiger partial charge in [-0.2, -0.15) is 0 Å². The van der Waals surface area contributed by atoms with Gasteiger partial charge in [0, 0.05) is 18.4 Å². The molecule has 0 unspecified atom stereocenters. The number of aryl methyl sites for hydroxylation is 2. The Morgan fingerprint density at radius 1 is 1.26 bits per heavy atom. The Morgan fingerprint density at radius 3 is 2.74 bits per heavy atom. The normalized spacial score (nSPS) is 18.3. The molecule has 0 aliphatic carbocycles. The first-order valence-electron chi connectivity index (χ1n) is 9.04. The Kier molecular flexibility index (Phi) is 4.52. The number of nitrogens with one attached hydrogen (secondary N) is 1. The van der Waals surface area contributed by atoms with Crippen LogP contribution in [0.2, 0.25) is 5.02 Å². The monoisotopic (exact) mass is 384 g/mol. The topological polar surface area (TPSA) is 65.5 Å². The molecule has 1 atom stereocenters. The molecular weight excluding hydrogens is 364 g/mol. The highest BCUT2D eigenvalue weighted by molar-refractivity contribution is 6.31. The van der Waals surface area contributed by atoms with Crippen molar-refractivity contribution < 1.29 is 9.59 Å². The van der Waals surface area contributed by atoms with Crippen LogP contribution in [0.3, 0.4) is 0 Å². The third-order valence-electron chi connectivity index (χ3n) is 4.99. The van der Waals surface area contributed by atoms with Crippen molar-refractivity contribution in [1.29, 1.82) is 0 Å². The predicted octanol–water partition coefficient (Wildman–Crippen LogP) is 3.31. The van der Waals surface area contributed by atoms with Gasteiger partial charge in [0.05, 0.1) is 10.7 Å². The number of hydrogen-bond donors (Lipinski definition) is 1. The second kappa shape index (κ2) is 6.85. The van der Waals surface area contributed by atoms with Crippen molar-refractivity contribution in [2.45, 2.75) is 32.7 Å². The number of nitrogens with zero attached hydrogens (tertiary/aromatic N) is 3. The maximum absolute atomic E-state index is 13.0. The smallest absolute Gasteiger partial charge is 0.250 e. The van der Waals surface area contributed by atoms with Gasteiger partial charge < -0.3 is 10.2 Å². The first-order valence-corrected chi connectivity index (χ1v) is 9.42. The second-order valence-corrected chi connectivity index (χ2v) is 7.63. The minimum Gasteiger partial charge on any atom is -0.343 e. The molecule has 2 aromatic rings. The van der Waals surface area contributed by atoms with Gasteiger partial charge in [0.15, 0.2) is 5.82 Å². The molecular formula is C20H21ClN4O2. The van der Waals surface area contributed by atoms with Crippen LogP contribution in [0, 0.1) is 13.8 Å². The summed E-state index contributed by atoms with van der Waals surface area (Å²) in [6.45, 7) is 4.69. The van der Waals surface area contributed by atoms with E-state index in [0.717, 1.165) is 42.0 Å². The van der Waals surface area contributed by atoms with Gasteiger partial charge in [0.2, 0.25) is 11.8 Å². The summed E-state index contributed by atoms with van der Waals surface area (Å²) < 4.78 is 0. The number of halogens is 1. The van der Waals surface area contributed by atoms with Crippen LogP contribution in [0.15, 0.2) is 30.5 Å². The van der Waals surface area contributed by atoms with E-state index < -0.39 is 0 Å². The zero-order valence-corrected chi connectivity index (χ0v) is 16.1. The van der Waals surface area contributed by atoms with Crippen molar-refractivity contribution in [3.63, 3.8) is 0 Å². The lowest BCUT2D eigenvalue weighted by Gasteiger charge is -2.38. The molecule has 0 saturated carbocycles. The summed E-state index contributed by atoms with van der Waals surface area (Å²) >= 11 is 6.11. The summed E-state index contributed by atoms with van der Waals surface area (Å²) in [5, 5.41) is 3.34. The number of fused-ring (bicyclic) bond motifs is 3. The van der Waals surface area contributed by atoms with E-state index in [1.54, 1.807) is 12.3 Å². The predicted molar refractivity (Wildman–Crippen MR) is 107 cm³/mol. The molecule has 0 bridgehead atoms. The SMILES string of the molecule is Cc1cc(C)cc(NC(=O)CN2C(=O)[C@@H]3CCCN3c3ncc(Cl)cc32)c1. The highest BCUT2D eigenvalue weighted by atomic mass is 35.5. The van der Waals surface area contributed by atoms with Crippen LogP contribution in [0.1, 0.15) is 24.0 Å². The fourth-order valence-corrected chi connectivity index (χ4v) is 4.12. The minimum atomic E-state index is -0.250. The van der Waals surface area contributed by atoms with Gasteiger partial charge in [-0.1, -0.05) is 17.7 Å². The van der Waals surface area contributed by atoms with Gasteiger partial charge >= 0.3 is 0 Å². The third-order valence-corrected chi connectivity index (χ3v) is 5.19. The second-order valence-electron chi connectivity index (χ2n) is 7.20. The number of anilines is 3. The molecule has 3 heterocycles. The zero-order valence-electron chi connectivity index (χ0n) is 15.3. The molecule has 1 aromatic carbocycles. The number of benzene rings is 1. The van der Waals surface area contributed by atoms with Crippen molar-refractivity contribution in [3.8, 4) is 0 Å². The number of amides is 2. The molecule has 1 saturated heterocycles. The quantitative estimate of drug-likeness (QED) is 0.881. The maximum Gasteiger partial charge on any atom is 0.250 e. The average molecular weight is 385 g/mol. The summed E-state index contributed by atoms with van der Waals surface area (Å²) in [6, 6.07) is 7.32. The Bertz CT molecular complexity index is 910. The van der Waals surface area contributed by atoms with Gasteiger partial charge in [-0.15, -0.1) is 0 Å². The van der Waals surface area contributed by atoms with Crippen molar-refractivity contribution in [3.05, 3.63) is 46.6 Å². The van der Waals surface area contributed by atoms with Crippen molar-refractivity contribution in [2.24, 2.45) is 0 Å². The fourth-order valence-electron chi connectivity index (χ4n) is 3.97. The van der Waals surface area contributed by atoms with Gasteiger partial charge in [0.1, 0.15) is 12.6 Å². The van der Waals surface area contributed by atoms with E-state index in [-0.39, 0.29) is 24.4 Å². The van der Waals surface area contributed by atoms with E-state index in [0.29, 0.717) is 10.7 Å². The first-order chi connectivity index (χ1) is 12.9. The average Bonchev–Trinajstić information content (AvgIpc) is 3.07. The summed E-state index contributed by atoms with van der Waals surface area (Å²) in [5.41, 5.74) is 3.47. The summed E-state index contributed by atoms with van der Waals surface area (Å²) in [5.74, 6) is 0.408. The summed E-state index contributed by atoms with van der Waals surface area (Å²) in [7, 11) is 0. The van der Waals surface area contributed by atoms with Gasteiger partial charge in [-0.25, -0.2) is 4.98 Å². The molecule has 2 aliphatic heterocycles. The molecule has 6 nitrogen and oxygen atoms in total. The number of aromatic nitrogens is 1. The third kappa shape index (κ3) is 3.37. The van der Waals surface area contributed by atoms with Crippen LogP contribution in [0.5, 0.6) is 0 Å². The number of carbonyl (C=O) groups excluding carboxylic acids is 2. The van der Waals surface area contributed by atoms with E-state index in [4.69, 9.17) is 11.6 Å². The van der Waals surface area contributed by atoms with Gasteiger partial charge in [-0.05, 0) is 56.0 Å². The Morgan fingerprint density at radius 2 is 2.00 bits per heavy atom. The molecule has 0 spiro atoms. The highest BCUT2D eigenvalue weighted by Crippen LogP contribution is 2.39. The zero-order chi connectivity index (χ0) is 19.1. The van der Waals surface area contributed by atoms with Crippen LogP contribution in [-0.2, 0) is 9.59 Å². The molecule has 1 aromatic heterocycles. The van der Waals surface area contributed by atoms with E-state index in [2.05, 4.69) is 10.3 Å². The van der Waals surface area contributed by atoms with Crippen molar-refractivity contribution in [1.82, 2.24) is 4.98 Å². The summed E-state index contributed by atoms with van der Waals surface area (Å²) in [4.78, 5) is 33.6. The molecule has 1 fully saturated rings. The van der Waals surface area contributed by atoms with E-state index in [1.807, 2.05) is 36.9 Å². The lowest BCUT2D eigenvalue weighted by Crippen LogP contribution is -2.53. The number of carbonyl (C=O) groups is 2. The standard InChI is InChI=1S/C20H21ClN4O2/c1-12-6-13(2)8-15(7-12)23-18(26)11-25-17-9-14(21)10-22-19(17)24-5-3-4-16(24)20(25)27/h6-10,16H,3-5,11H2,1-2H3,(H,23,26)/t16-/m0/s1. The molecule has 0 radical (unpaired) electrons. The van der Waals surface area contributed by atoms with Gasteiger partial charge in [0.25, 0.3) is 0 Å². The first kappa shape index (κ1) is 17.8. The molecule has 2 aliphatic rings. The van der Waals surface area contributed by atoms with Crippen molar-refractivity contribution >= 4 is 40.6 Å². The maximum atomic E-state index is 13.0. The lowest BCUT2D eigenvalue weighted by molar-refractivity contribution is -0.122. The number of rotatable bonds is 3. The Labute approximate surface area is 163 Å². The molecule has 140 valence electrons. The summed E-state index contributed by atoms with van der Waals surface area (Å²) in [6.07, 6.45) is 3.29. The molecule has 27 heavy (non-hydrogen) atoms.